The first-order chi connectivity index (χ1) is 7.25. The standard InChI is InChI=1S/C12H17ClN2/c1-9-3-2-4-12(9)15-8-11-6-5-10(13)7-14-11/h5-7,9,12,15H,2-4,8H2,1H3. The van der Waals surface area contributed by atoms with Crippen LogP contribution in [-0.2, 0) is 6.54 Å². The topological polar surface area (TPSA) is 24.9 Å². The molecule has 1 aromatic heterocycles. The summed E-state index contributed by atoms with van der Waals surface area (Å²) in [5, 5.41) is 4.26. The molecule has 0 bridgehead atoms. The summed E-state index contributed by atoms with van der Waals surface area (Å²) in [5.41, 5.74) is 1.07. The Morgan fingerprint density at radius 2 is 2.33 bits per heavy atom. The molecule has 1 heterocycles. The number of nitrogens with zero attached hydrogens (tertiary/aromatic N) is 1. The first-order valence-corrected chi connectivity index (χ1v) is 5.97. The summed E-state index contributed by atoms with van der Waals surface area (Å²) in [6, 6.07) is 4.54. The summed E-state index contributed by atoms with van der Waals surface area (Å²) in [5.74, 6) is 0.803. The molecule has 82 valence electrons. The molecule has 0 radical (unpaired) electrons. The maximum atomic E-state index is 5.78. The summed E-state index contributed by atoms with van der Waals surface area (Å²) in [7, 11) is 0. The monoisotopic (exact) mass is 224 g/mol. The van der Waals surface area contributed by atoms with E-state index in [1.54, 1.807) is 6.20 Å². The van der Waals surface area contributed by atoms with Gasteiger partial charge in [-0.1, -0.05) is 24.9 Å². The van der Waals surface area contributed by atoms with Gasteiger partial charge in [-0.05, 0) is 30.9 Å². The van der Waals surface area contributed by atoms with Crippen LogP contribution >= 0.6 is 11.6 Å². The lowest BCUT2D eigenvalue weighted by molar-refractivity contribution is 0.424. The highest BCUT2D eigenvalue weighted by Crippen LogP contribution is 2.24. The third kappa shape index (κ3) is 2.93. The van der Waals surface area contributed by atoms with E-state index in [0.717, 1.165) is 18.2 Å². The molecule has 2 rings (SSSR count). The second kappa shape index (κ2) is 4.95. The third-order valence-corrected chi connectivity index (χ3v) is 3.42. The second-order valence-corrected chi connectivity index (χ2v) is 4.80. The Balaban J connectivity index is 1.85. The van der Waals surface area contributed by atoms with E-state index in [0.29, 0.717) is 11.1 Å². The van der Waals surface area contributed by atoms with Gasteiger partial charge in [0.2, 0.25) is 0 Å². The van der Waals surface area contributed by atoms with Crippen molar-refractivity contribution >= 4 is 11.6 Å². The summed E-state index contributed by atoms with van der Waals surface area (Å²) in [4.78, 5) is 4.27. The lowest BCUT2D eigenvalue weighted by Crippen LogP contribution is -2.30. The van der Waals surface area contributed by atoms with Gasteiger partial charge in [0.25, 0.3) is 0 Å². The van der Waals surface area contributed by atoms with E-state index < -0.39 is 0 Å². The molecule has 2 atom stereocenters. The molecule has 15 heavy (non-hydrogen) atoms. The zero-order valence-corrected chi connectivity index (χ0v) is 9.80. The molecule has 1 aliphatic rings. The van der Waals surface area contributed by atoms with Gasteiger partial charge in [0.05, 0.1) is 10.7 Å². The van der Waals surface area contributed by atoms with Crippen molar-refractivity contribution in [1.29, 1.82) is 0 Å². The first-order valence-electron chi connectivity index (χ1n) is 5.59. The highest BCUT2D eigenvalue weighted by atomic mass is 35.5. The fourth-order valence-corrected chi connectivity index (χ4v) is 2.31. The number of aromatic nitrogens is 1. The predicted molar refractivity (Wildman–Crippen MR) is 62.9 cm³/mol. The lowest BCUT2D eigenvalue weighted by Gasteiger charge is -2.16. The highest BCUT2D eigenvalue weighted by Gasteiger charge is 2.22. The van der Waals surface area contributed by atoms with E-state index in [9.17, 15) is 0 Å². The lowest BCUT2D eigenvalue weighted by atomic mass is 10.1. The molecule has 1 fully saturated rings. The Labute approximate surface area is 96.1 Å². The van der Waals surface area contributed by atoms with Crippen molar-refractivity contribution in [3.63, 3.8) is 0 Å². The van der Waals surface area contributed by atoms with Gasteiger partial charge in [-0.3, -0.25) is 4.98 Å². The number of hydrogen-bond donors (Lipinski definition) is 1. The van der Waals surface area contributed by atoms with Crippen molar-refractivity contribution in [2.24, 2.45) is 5.92 Å². The van der Waals surface area contributed by atoms with Gasteiger partial charge in [0.15, 0.2) is 0 Å². The Kier molecular flexibility index (Phi) is 3.60. The molecule has 1 saturated carbocycles. The molecule has 1 aliphatic carbocycles. The van der Waals surface area contributed by atoms with Crippen molar-refractivity contribution in [2.75, 3.05) is 0 Å². The summed E-state index contributed by atoms with van der Waals surface area (Å²) < 4.78 is 0. The molecule has 0 aromatic carbocycles. The van der Waals surface area contributed by atoms with Crippen molar-refractivity contribution in [3.05, 3.63) is 29.0 Å². The average molecular weight is 225 g/mol. The van der Waals surface area contributed by atoms with E-state index in [-0.39, 0.29) is 0 Å². The van der Waals surface area contributed by atoms with Crippen LogP contribution in [0.2, 0.25) is 5.02 Å². The molecule has 1 N–H and O–H groups in total. The Morgan fingerprint density at radius 3 is 2.93 bits per heavy atom. The minimum Gasteiger partial charge on any atom is -0.308 e. The third-order valence-electron chi connectivity index (χ3n) is 3.20. The van der Waals surface area contributed by atoms with Crippen LogP contribution in [0.5, 0.6) is 0 Å². The molecule has 1 aromatic rings. The van der Waals surface area contributed by atoms with Gasteiger partial charge in [-0.25, -0.2) is 0 Å². The smallest absolute Gasteiger partial charge is 0.0589 e. The van der Waals surface area contributed by atoms with Crippen molar-refractivity contribution in [1.82, 2.24) is 10.3 Å². The van der Waals surface area contributed by atoms with Crippen LogP contribution in [0.15, 0.2) is 18.3 Å². The predicted octanol–water partition coefficient (Wildman–Crippen LogP) is 3.01. The van der Waals surface area contributed by atoms with Crippen LogP contribution < -0.4 is 5.32 Å². The first kappa shape index (κ1) is 10.9. The fraction of sp³-hybridized carbons (Fsp3) is 0.583. The van der Waals surface area contributed by atoms with Crippen molar-refractivity contribution < 1.29 is 0 Å². The van der Waals surface area contributed by atoms with Crippen LogP contribution in [0.3, 0.4) is 0 Å². The number of halogens is 1. The van der Waals surface area contributed by atoms with Crippen LogP contribution in [0.25, 0.3) is 0 Å². The fourth-order valence-electron chi connectivity index (χ4n) is 2.20. The molecule has 2 nitrogen and oxygen atoms in total. The quantitative estimate of drug-likeness (QED) is 0.854. The molecule has 3 heteroatoms. The van der Waals surface area contributed by atoms with Gasteiger partial charge in [0.1, 0.15) is 0 Å². The molecular formula is C12H17ClN2. The molecular weight excluding hydrogens is 208 g/mol. The van der Waals surface area contributed by atoms with Gasteiger partial charge >= 0.3 is 0 Å². The van der Waals surface area contributed by atoms with Crippen LogP contribution in [0, 0.1) is 5.92 Å². The number of rotatable bonds is 3. The van der Waals surface area contributed by atoms with E-state index in [2.05, 4.69) is 17.2 Å². The molecule has 0 spiro atoms. The van der Waals surface area contributed by atoms with Crippen LogP contribution in [-0.4, -0.2) is 11.0 Å². The van der Waals surface area contributed by atoms with E-state index in [1.165, 1.54) is 19.3 Å². The van der Waals surface area contributed by atoms with Crippen molar-refractivity contribution in [2.45, 2.75) is 38.8 Å². The number of pyridine rings is 1. The van der Waals surface area contributed by atoms with Crippen LogP contribution in [0.1, 0.15) is 31.9 Å². The maximum Gasteiger partial charge on any atom is 0.0589 e. The van der Waals surface area contributed by atoms with E-state index >= 15 is 0 Å². The van der Waals surface area contributed by atoms with E-state index in [4.69, 9.17) is 11.6 Å². The Morgan fingerprint density at radius 1 is 1.47 bits per heavy atom. The Bertz CT molecular complexity index is 310. The zero-order valence-electron chi connectivity index (χ0n) is 9.04. The minimum atomic E-state index is 0.669. The summed E-state index contributed by atoms with van der Waals surface area (Å²) in [6.07, 6.45) is 5.71. The summed E-state index contributed by atoms with van der Waals surface area (Å²) >= 11 is 5.78. The second-order valence-electron chi connectivity index (χ2n) is 4.36. The molecule has 2 unspecified atom stereocenters. The zero-order chi connectivity index (χ0) is 10.7. The number of hydrogen-bond acceptors (Lipinski definition) is 2. The van der Waals surface area contributed by atoms with Crippen molar-refractivity contribution in [3.8, 4) is 0 Å². The SMILES string of the molecule is CC1CCCC1NCc1ccc(Cl)cn1. The largest absolute Gasteiger partial charge is 0.308 e. The van der Waals surface area contributed by atoms with E-state index in [1.807, 2.05) is 12.1 Å². The maximum absolute atomic E-state index is 5.78. The van der Waals surface area contributed by atoms with Gasteiger partial charge in [0, 0.05) is 18.8 Å². The normalized spacial score (nSPS) is 25.7. The minimum absolute atomic E-state index is 0.669. The van der Waals surface area contributed by atoms with Crippen LogP contribution in [0.4, 0.5) is 0 Å². The molecule has 0 aliphatic heterocycles. The van der Waals surface area contributed by atoms with Gasteiger partial charge in [-0.2, -0.15) is 0 Å². The van der Waals surface area contributed by atoms with Gasteiger partial charge < -0.3 is 5.32 Å². The Hall–Kier alpha value is -0.600. The molecule has 0 amide bonds. The highest BCUT2D eigenvalue weighted by molar-refractivity contribution is 6.30. The average Bonchev–Trinajstić information content (AvgIpc) is 2.63. The number of nitrogens with one attached hydrogen (secondary N) is 1. The summed E-state index contributed by atoms with van der Waals surface area (Å²) in [6.45, 7) is 3.17. The molecule has 0 saturated heterocycles. The van der Waals surface area contributed by atoms with Gasteiger partial charge in [-0.15, -0.1) is 0 Å².